The summed E-state index contributed by atoms with van der Waals surface area (Å²) in [4.78, 5) is 1.80. The second kappa shape index (κ2) is 5.53. The Hall–Kier alpha value is -1.53. The topological polar surface area (TPSA) is 36.3 Å². The molecule has 1 aromatic rings. The highest BCUT2D eigenvalue weighted by Crippen LogP contribution is 2.15. The van der Waals surface area contributed by atoms with E-state index in [4.69, 9.17) is 10.00 Å². The van der Waals surface area contributed by atoms with Crippen molar-refractivity contribution >= 4 is 0 Å². The smallest absolute Gasteiger partial charge is 0.179 e. The largest absolute Gasteiger partial charge is 0.376 e. The number of benzene rings is 1. The van der Waals surface area contributed by atoms with Crippen LogP contribution in [0.1, 0.15) is 12.0 Å². The summed E-state index contributed by atoms with van der Waals surface area (Å²) in [7, 11) is 0. The highest BCUT2D eigenvalue weighted by Gasteiger charge is 2.21. The molecule has 16 heavy (non-hydrogen) atoms. The van der Waals surface area contributed by atoms with Crippen molar-refractivity contribution in [3.63, 3.8) is 0 Å². The monoisotopic (exact) mass is 216 g/mol. The third-order valence-corrected chi connectivity index (χ3v) is 2.89. The van der Waals surface area contributed by atoms with Gasteiger partial charge < -0.3 is 9.64 Å². The molecule has 0 spiro atoms. The molecule has 1 heterocycles. The van der Waals surface area contributed by atoms with Crippen LogP contribution in [0.2, 0.25) is 0 Å². The predicted octanol–water partition coefficient (Wildman–Crippen LogP) is 2.01. The van der Waals surface area contributed by atoms with Gasteiger partial charge in [-0.05, 0) is 12.0 Å². The van der Waals surface area contributed by atoms with Gasteiger partial charge in [-0.2, -0.15) is 5.26 Å². The number of likely N-dealkylation sites (tertiary alicyclic amines) is 1. The van der Waals surface area contributed by atoms with Gasteiger partial charge in [0.15, 0.2) is 6.19 Å². The van der Waals surface area contributed by atoms with E-state index in [-0.39, 0.29) is 0 Å². The lowest BCUT2D eigenvalue weighted by molar-refractivity contribution is 0.0905. The molecule has 2 rings (SSSR count). The molecule has 0 amide bonds. The summed E-state index contributed by atoms with van der Waals surface area (Å²) in [6.07, 6.45) is 3.25. The van der Waals surface area contributed by atoms with Crippen molar-refractivity contribution in [2.75, 3.05) is 19.7 Å². The molecule has 1 atom stereocenters. The van der Waals surface area contributed by atoms with E-state index in [2.05, 4.69) is 18.3 Å². The van der Waals surface area contributed by atoms with E-state index in [0.717, 1.165) is 26.1 Å². The summed E-state index contributed by atoms with van der Waals surface area (Å²) < 4.78 is 5.66. The Bertz CT molecular complexity index is 358. The maximum atomic E-state index is 8.72. The first-order chi connectivity index (χ1) is 7.88. The maximum absolute atomic E-state index is 8.72. The lowest BCUT2D eigenvalue weighted by Gasteiger charge is -2.10. The van der Waals surface area contributed by atoms with Gasteiger partial charge in [0, 0.05) is 19.0 Å². The first-order valence-corrected chi connectivity index (χ1v) is 5.65. The van der Waals surface area contributed by atoms with E-state index in [9.17, 15) is 0 Å². The minimum absolute atomic E-state index is 0.517. The molecule has 0 N–H and O–H groups in total. The standard InChI is InChI=1S/C13H16N2O/c14-11-15-7-6-13(8-15)10-16-9-12-4-2-1-3-5-12/h1-5,13H,6-10H2/t13-/m1/s1. The number of hydrogen-bond donors (Lipinski definition) is 0. The third-order valence-electron chi connectivity index (χ3n) is 2.89. The van der Waals surface area contributed by atoms with Gasteiger partial charge in [0.1, 0.15) is 0 Å². The fourth-order valence-corrected chi connectivity index (χ4v) is 1.98. The van der Waals surface area contributed by atoms with E-state index >= 15 is 0 Å². The second-order valence-electron chi connectivity index (χ2n) is 4.20. The Morgan fingerprint density at radius 2 is 2.19 bits per heavy atom. The Balaban J connectivity index is 1.68. The van der Waals surface area contributed by atoms with Gasteiger partial charge in [0.2, 0.25) is 0 Å². The molecule has 1 aliphatic rings. The van der Waals surface area contributed by atoms with Gasteiger partial charge in [-0.1, -0.05) is 30.3 Å². The van der Waals surface area contributed by atoms with Crippen molar-refractivity contribution < 1.29 is 4.74 Å². The molecule has 3 nitrogen and oxygen atoms in total. The van der Waals surface area contributed by atoms with Crippen LogP contribution in [0.3, 0.4) is 0 Å². The molecule has 0 saturated carbocycles. The summed E-state index contributed by atoms with van der Waals surface area (Å²) in [5, 5.41) is 8.72. The molecule has 1 aromatic carbocycles. The molecular formula is C13H16N2O. The van der Waals surface area contributed by atoms with E-state index in [1.165, 1.54) is 5.56 Å². The van der Waals surface area contributed by atoms with Crippen LogP contribution in [0.15, 0.2) is 30.3 Å². The Labute approximate surface area is 96.2 Å². The van der Waals surface area contributed by atoms with Crippen LogP contribution < -0.4 is 0 Å². The highest BCUT2D eigenvalue weighted by molar-refractivity contribution is 5.13. The zero-order valence-corrected chi connectivity index (χ0v) is 9.30. The molecule has 0 unspecified atom stereocenters. The summed E-state index contributed by atoms with van der Waals surface area (Å²) >= 11 is 0. The molecule has 0 aromatic heterocycles. The van der Waals surface area contributed by atoms with Crippen molar-refractivity contribution in [2.24, 2.45) is 5.92 Å². The van der Waals surface area contributed by atoms with Crippen molar-refractivity contribution in [2.45, 2.75) is 13.0 Å². The fraction of sp³-hybridized carbons (Fsp3) is 0.462. The zero-order chi connectivity index (χ0) is 11.2. The molecule has 1 saturated heterocycles. The van der Waals surface area contributed by atoms with Gasteiger partial charge in [0.25, 0.3) is 0 Å². The summed E-state index contributed by atoms with van der Waals surface area (Å²) in [6, 6.07) is 10.2. The number of ether oxygens (including phenoxy) is 1. The first-order valence-electron chi connectivity index (χ1n) is 5.65. The highest BCUT2D eigenvalue weighted by atomic mass is 16.5. The Morgan fingerprint density at radius 1 is 1.38 bits per heavy atom. The Morgan fingerprint density at radius 3 is 2.88 bits per heavy atom. The third kappa shape index (κ3) is 2.98. The van der Waals surface area contributed by atoms with E-state index in [0.29, 0.717) is 12.5 Å². The molecule has 0 aliphatic carbocycles. The number of nitrogens with zero attached hydrogens (tertiary/aromatic N) is 2. The van der Waals surface area contributed by atoms with Crippen LogP contribution in [0.4, 0.5) is 0 Å². The normalized spacial score (nSPS) is 19.7. The van der Waals surface area contributed by atoms with Crippen molar-refractivity contribution in [3.05, 3.63) is 35.9 Å². The lowest BCUT2D eigenvalue weighted by Crippen LogP contribution is -2.16. The minimum atomic E-state index is 0.517. The van der Waals surface area contributed by atoms with Crippen molar-refractivity contribution in [1.82, 2.24) is 4.90 Å². The molecule has 84 valence electrons. The molecule has 3 heteroatoms. The van der Waals surface area contributed by atoms with Crippen molar-refractivity contribution in [3.8, 4) is 6.19 Å². The van der Waals surface area contributed by atoms with Gasteiger partial charge in [-0.3, -0.25) is 0 Å². The number of rotatable bonds is 4. The van der Waals surface area contributed by atoms with E-state index in [1.807, 2.05) is 18.2 Å². The van der Waals surface area contributed by atoms with Gasteiger partial charge in [0.05, 0.1) is 13.2 Å². The Kier molecular flexibility index (Phi) is 3.79. The molecule has 1 aliphatic heterocycles. The van der Waals surface area contributed by atoms with Crippen LogP contribution in [0.5, 0.6) is 0 Å². The number of nitriles is 1. The van der Waals surface area contributed by atoms with E-state index < -0.39 is 0 Å². The molecule has 0 bridgehead atoms. The average molecular weight is 216 g/mol. The van der Waals surface area contributed by atoms with Crippen molar-refractivity contribution in [1.29, 1.82) is 5.26 Å². The maximum Gasteiger partial charge on any atom is 0.179 e. The first kappa shape index (κ1) is 11.0. The quantitative estimate of drug-likeness (QED) is 0.722. The van der Waals surface area contributed by atoms with Crippen LogP contribution in [0, 0.1) is 17.4 Å². The van der Waals surface area contributed by atoms with Crippen LogP contribution >= 0.6 is 0 Å². The minimum Gasteiger partial charge on any atom is -0.376 e. The van der Waals surface area contributed by atoms with Crippen LogP contribution in [-0.2, 0) is 11.3 Å². The predicted molar refractivity (Wildman–Crippen MR) is 61.4 cm³/mol. The lowest BCUT2D eigenvalue weighted by atomic mass is 10.1. The van der Waals surface area contributed by atoms with Crippen LogP contribution in [0.25, 0.3) is 0 Å². The van der Waals surface area contributed by atoms with Gasteiger partial charge >= 0.3 is 0 Å². The zero-order valence-electron chi connectivity index (χ0n) is 9.30. The summed E-state index contributed by atoms with van der Waals surface area (Å²) in [5.74, 6) is 0.517. The van der Waals surface area contributed by atoms with Crippen LogP contribution in [-0.4, -0.2) is 24.6 Å². The van der Waals surface area contributed by atoms with Gasteiger partial charge in [-0.15, -0.1) is 0 Å². The average Bonchev–Trinajstić information content (AvgIpc) is 2.78. The molecular weight excluding hydrogens is 200 g/mol. The summed E-state index contributed by atoms with van der Waals surface area (Å²) in [5.41, 5.74) is 1.21. The SMILES string of the molecule is N#CN1CC[C@@H](COCc2ccccc2)C1. The fourth-order valence-electron chi connectivity index (χ4n) is 1.98. The van der Waals surface area contributed by atoms with E-state index in [1.54, 1.807) is 4.90 Å². The second-order valence-corrected chi connectivity index (χ2v) is 4.20. The summed E-state index contributed by atoms with van der Waals surface area (Å²) in [6.45, 7) is 3.16. The number of hydrogen-bond acceptors (Lipinski definition) is 3. The molecule has 1 fully saturated rings. The van der Waals surface area contributed by atoms with Gasteiger partial charge in [-0.25, -0.2) is 0 Å². The molecule has 0 radical (unpaired) electrons.